The van der Waals surface area contributed by atoms with Crippen molar-refractivity contribution in [3.05, 3.63) is 15.9 Å². The van der Waals surface area contributed by atoms with Crippen LogP contribution < -0.4 is 0 Å². The van der Waals surface area contributed by atoms with Crippen LogP contribution in [0.25, 0.3) is 0 Å². The summed E-state index contributed by atoms with van der Waals surface area (Å²) in [5.41, 5.74) is 1.14. The maximum atomic E-state index is 5.04. The predicted molar refractivity (Wildman–Crippen MR) is 41.2 cm³/mol. The van der Waals surface area contributed by atoms with Crippen LogP contribution in [-0.2, 0) is 0 Å². The summed E-state index contributed by atoms with van der Waals surface area (Å²) in [5.74, 6) is 0.720. The molecule has 0 unspecified atom stereocenters. The molecule has 1 fully saturated rings. The Morgan fingerprint density at radius 2 is 2.44 bits per heavy atom. The Morgan fingerprint density at radius 3 is 2.89 bits per heavy atom. The van der Waals surface area contributed by atoms with Crippen LogP contribution in [0, 0.1) is 3.90 Å². The summed E-state index contributed by atoms with van der Waals surface area (Å²) in [6.45, 7) is 0. The van der Waals surface area contributed by atoms with E-state index < -0.39 is 0 Å². The van der Waals surface area contributed by atoms with Gasteiger partial charge in [-0.1, -0.05) is 0 Å². The number of hydrogen-bond acceptors (Lipinski definition) is 2. The van der Waals surface area contributed by atoms with Crippen LogP contribution in [0.2, 0.25) is 0 Å². The third-order valence-electron chi connectivity index (χ3n) is 1.49. The predicted octanol–water partition coefficient (Wildman–Crippen LogP) is 2.16. The second-order valence-electron chi connectivity index (χ2n) is 2.30. The molecule has 0 spiro atoms. The van der Waals surface area contributed by atoms with Gasteiger partial charge in [0, 0.05) is 28.5 Å². The molecule has 1 saturated carbocycles. The first kappa shape index (κ1) is 5.70. The molecular weight excluding hydrogens is 229 g/mol. The standard InChI is InChI=1S/C6H6INO/c7-6-8-5(3-9-6)4-1-2-4/h3-4H,1-2H2. The largest absolute Gasteiger partial charge is 0.440 e. The molecule has 0 atom stereocenters. The van der Waals surface area contributed by atoms with Crippen molar-refractivity contribution in [1.82, 2.24) is 4.98 Å². The van der Waals surface area contributed by atoms with Gasteiger partial charge in [0.2, 0.25) is 0 Å². The maximum absolute atomic E-state index is 5.04. The lowest BCUT2D eigenvalue weighted by Gasteiger charge is -1.79. The number of hydrogen-bond donors (Lipinski definition) is 0. The fourth-order valence-corrected chi connectivity index (χ4v) is 1.24. The van der Waals surface area contributed by atoms with Crippen LogP contribution in [-0.4, -0.2) is 4.98 Å². The molecular formula is C6H6INO. The van der Waals surface area contributed by atoms with Gasteiger partial charge in [0.25, 0.3) is 3.90 Å². The third-order valence-corrected chi connectivity index (χ3v) is 1.99. The van der Waals surface area contributed by atoms with E-state index in [4.69, 9.17) is 4.42 Å². The van der Waals surface area contributed by atoms with Crippen LogP contribution >= 0.6 is 22.6 Å². The Kier molecular flexibility index (Phi) is 1.25. The minimum absolute atomic E-state index is 0.720. The van der Waals surface area contributed by atoms with Gasteiger partial charge in [0.1, 0.15) is 6.26 Å². The van der Waals surface area contributed by atoms with Gasteiger partial charge in [-0.05, 0) is 12.8 Å². The van der Waals surface area contributed by atoms with Crippen LogP contribution in [0.15, 0.2) is 10.7 Å². The van der Waals surface area contributed by atoms with E-state index in [0.717, 1.165) is 15.5 Å². The summed E-state index contributed by atoms with van der Waals surface area (Å²) in [7, 11) is 0. The first-order valence-corrected chi connectivity index (χ1v) is 4.05. The zero-order chi connectivity index (χ0) is 6.27. The van der Waals surface area contributed by atoms with E-state index in [1.807, 2.05) is 0 Å². The summed E-state index contributed by atoms with van der Waals surface area (Å²) in [6.07, 6.45) is 4.35. The number of rotatable bonds is 1. The molecule has 48 valence electrons. The molecule has 0 aromatic carbocycles. The van der Waals surface area contributed by atoms with Crippen molar-refractivity contribution < 1.29 is 4.42 Å². The first-order chi connectivity index (χ1) is 4.36. The van der Waals surface area contributed by atoms with Crippen molar-refractivity contribution in [2.24, 2.45) is 0 Å². The fourth-order valence-electron chi connectivity index (χ4n) is 0.830. The van der Waals surface area contributed by atoms with Crippen molar-refractivity contribution in [3.8, 4) is 0 Å². The highest BCUT2D eigenvalue weighted by molar-refractivity contribution is 14.1. The monoisotopic (exact) mass is 235 g/mol. The Morgan fingerprint density at radius 1 is 1.67 bits per heavy atom. The van der Waals surface area contributed by atoms with E-state index in [-0.39, 0.29) is 0 Å². The quantitative estimate of drug-likeness (QED) is 0.697. The van der Waals surface area contributed by atoms with Gasteiger partial charge in [-0.15, -0.1) is 0 Å². The molecule has 2 rings (SSSR count). The Bertz CT molecular complexity index is 217. The number of aromatic nitrogens is 1. The average Bonchev–Trinajstić information content (AvgIpc) is 2.58. The summed E-state index contributed by atoms with van der Waals surface area (Å²) < 4.78 is 5.80. The molecule has 0 saturated heterocycles. The number of oxazole rings is 1. The van der Waals surface area contributed by atoms with Gasteiger partial charge in [-0.3, -0.25) is 0 Å². The lowest BCUT2D eigenvalue weighted by atomic mass is 10.3. The smallest absolute Gasteiger partial charge is 0.257 e. The maximum Gasteiger partial charge on any atom is 0.257 e. The van der Waals surface area contributed by atoms with E-state index in [1.165, 1.54) is 12.8 Å². The van der Waals surface area contributed by atoms with E-state index in [1.54, 1.807) is 6.26 Å². The highest BCUT2D eigenvalue weighted by atomic mass is 127. The molecule has 2 nitrogen and oxygen atoms in total. The summed E-state index contributed by atoms with van der Waals surface area (Å²) >= 11 is 2.08. The lowest BCUT2D eigenvalue weighted by molar-refractivity contribution is 0.524. The zero-order valence-electron chi connectivity index (χ0n) is 4.80. The Hall–Kier alpha value is -0.0600. The van der Waals surface area contributed by atoms with Crippen LogP contribution in [0.5, 0.6) is 0 Å². The Balaban J connectivity index is 2.28. The van der Waals surface area contributed by atoms with Crippen LogP contribution in [0.3, 0.4) is 0 Å². The fraction of sp³-hybridized carbons (Fsp3) is 0.500. The van der Waals surface area contributed by atoms with E-state index in [2.05, 4.69) is 27.6 Å². The molecule has 0 amide bonds. The number of halogens is 1. The molecule has 1 aliphatic rings. The summed E-state index contributed by atoms with van der Waals surface area (Å²) in [5, 5.41) is 0. The van der Waals surface area contributed by atoms with Crippen molar-refractivity contribution in [3.63, 3.8) is 0 Å². The van der Waals surface area contributed by atoms with E-state index >= 15 is 0 Å². The highest BCUT2D eigenvalue weighted by Crippen LogP contribution is 2.39. The molecule has 0 bridgehead atoms. The molecule has 1 aromatic heterocycles. The summed E-state index contributed by atoms with van der Waals surface area (Å²) in [4.78, 5) is 4.19. The van der Waals surface area contributed by atoms with Crippen molar-refractivity contribution >= 4 is 22.6 Å². The molecule has 1 aromatic rings. The lowest BCUT2D eigenvalue weighted by Crippen LogP contribution is -1.76. The van der Waals surface area contributed by atoms with Crippen molar-refractivity contribution in [1.29, 1.82) is 0 Å². The molecule has 0 radical (unpaired) electrons. The molecule has 1 aliphatic carbocycles. The third kappa shape index (κ3) is 1.10. The van der Waals surface area contributed by atoms with Gasteiger partial charge in [0.15, 0.2) is 0 Å². The normalized spacial score (nSPS) is 18.3. The molecule has 9 heavy (non-hydrogen) atoms. The first-order valence-electron chi connectivity index (χ1n) is 2.97. The molecule has 0 aliphatic heterocycles. The zero-order valence-corrected chi connectivity index (χ0v) is 6.96. The van der Waals surface area contributed by atoms with Gasteiger partial charge < -0.3 is 4.42 Å². The van der Waals surface area contributed by atoms with Crippen molar-refractivity contribution in [2.45, 2.75) is 18.8 Å². The van der Waals surface area contributed by atoms with Crippen molar-refractivity contribution in [2.75, 3.05) is 0 Å². The second kappa shape index (κ2) is 1.97. The minimum Gasteiger partial charge on any atom is -0.440 e. The van der Waals surface area contributed by atoms with E-state index in [0.29, 0.717) is 0 Å². The van der Waals surface area contributed by atoms with Crippen LogP contribution in [0.4, 0.5) is 0 Å². The Labute approximate surface area is 66.8 Å². The average molecular weight is 235 g/mol. The van der Waals surface area contributed by atoms with Gasteiger partial charge in [0.05, 0.1) is 5.69 Å². The van der Waals surface area contributed by atoms with Crippen LogP contribution in [0.1, 0.15) is 24.5 Å². The molecule has 3 heteroatoms. The summed E-state index contributed by atoms with van der Waals surface area (Å²) in [6, 6.07) is 0. The molecule has 1 heterocycles. The van der Waals surface area contributed by atoms with Gasteiger partial charge in [-0.25, -0.2) is 4.98 Å². The number of nitrogens with zero attached hydrogens (tertiary/aromatic N) is 1. The minimum atomic E-state index is 0.720. The molecule has 0 N–H and O–H groups in total. The SMILES string of the molecule is Ic1nc(C2CC2)co1. The highest BCUT2D eigenvalue weighted by Gasteiger charge is 2.26. The van der Waals surface area contributed by atoms with E-state index in [9.17, 15) is 0 Å². The van der Waals surface area contributed by atoms with Gasteiger partial charge >= 0.3 is 0 Å². The second-order valence-corrected chi connectivity index (χ2v) is 3.22. The topological polar surface area (TPSA) is 26.0 Å². The van der Waals surface area contributed by atoms with Gasteiger partial charge in [-0.2, -0.15) is 0 Å².